The van der Waals surface area contributed by atoms with Crippen LogP contribution in [0.5, 0.6) is 0 Å². The Morgan fingerprint density at radius 3 is 2.36 bits per heavy atom. The van der Waals surface area contributed by atoms with E-state index in [1.165, 1.54) is 11.3 Å². The fraction of sp³-hybridized carbons (Fsp3) is 0.290. The Kier molecular flexibility index (Phi) is 6.94. The number of H-pyrrole nitrogens is 1. The number of anilines is 1. The number of aromatic nitrogens is 5. The number of nitrogens with one attached hydrogen (secondary N) is 1. The molecule has 0 saturated carbocycles. The third-order valence-corrected chi connectivity index (χ3v) is 7.70. The van der Waals surface area contributed by atoms with Gasteiger partial charge in [0.25, 0.3) is 5.56 Å². The number of rotatable bonds is 7. The lowest BCUT2D eigenvalue weighted by Gasteiger charge is -2.39. The van der Waals surface area contributed by atoms with Gasteiger partial charge in [-0.1, -0.05) is 54.6 Å². The summed E-state index contributed by atoms with van der Waals surface area (Å²) in [6, 6.07) is 26.7. The van der Waals surface area contributed by atoms with E-state index >= 15 is 0 Å². The van der Waals surface area contributed by atoms with Gasteiger partial charge in [-0.3, -0.25) is 9.69 Å². The first-order chi connectivity index (χ1) is 19.1. The van der Waals surface area contributed by atoms with E-state index in [4.69, 9.17) is 0 Å². The first-order valence-corrected chi connectivity index (χ1v) is 13.5. The number of aromatic amines is 1. The van der Waals surface area contributed by atoms with Crippen molar-refractivity contribution in [3.05, 3.63) is 117 Å². The second-order valence-electron chi connectivity index (χ2n) is 10.4. The number of aryl methyl sites for hydroxylation is 4. The Morgan fingerprint density at radius 1 is 0.897 bits per heavy atom. The van der Waals surface area contributed by atoms with Crippen LogP contribution in [0.1, 0.15) is 34.1 Å². The number of fused-ring (bicyclic) bond motifs is 1. The monoisotopic (exact) mass is 519 g/mol. The van der Waals surface area contributed by atoms with Crippen molar-refractivity contribution in [3.63, 3.8) is 0 Å². The molecule has 8 heteroatoms. The van der Waals surface area contributed by atoms with Crippen LogP contribution in [0, 0.1) is 13.8 Å². The minimum Gasteiger partial charge on any atom is -0.369 e. The highest BCUT2D eigenvalue weighted by atomic mass is 16.1. The van der Waals surface area contributed by atoms with E-state index in [1.807, 2.05) is 41.1 Å². The zero-order chi connectivity index (χ0) is 26.8. The molecule has 0 bridgehead atoms. The second kappa shape index (κ2) is 10.8. The standard InChI is InChI=1S/C31H33N7O/c1-22-19-23(2)26-21-27(31(39)32-28(26)20-22)29(37-17-15-36(16-18-37)25-11-7-4-8-12-25)30-33-34-35-38(30)14-13-24-9-5-3-6-10-24/h3-12,19-21,29H,13-18H2,1-2H3,(H,32,39)/t29-/m1/s1. The lowest BCUT2D eigenvalue weighted by molar-refractivity contribution is 0.199. The summed E-state index contributed by atoms with van der Waals surface area (Å²) in [6.45, 7) is 8.07. The number of benzene rings is 3. The third-order valence-electron chi connectivity index (χ3n) is 7.70. The number of tetrazole rings is 1. The van der Waals surface area contributed by atoms with E-state index in [0.717, 1.165) is 54.6 Å². The van der Waals surface area contributed by atoms with Crippen LogP contribution in [-0.4, -0.2) is 56.3 Å². The maximum absolute atomic E-state index is 13.6. The summed E-state index contributed by atoms with van der Waals surface area (Å²) < 4.78 is 1.87. The van der Waals surface area contributed by atoms with Gasteiger partial charge in [0.1, 0.15) is 6.04 Å². The van der Waals surface area contributed by atoms with Gasteiger partial charge in [0.2, 0.25) is 0 Å². The Labute approximate surface area is 227 Å². The van der Waals surface area contributed by atoms with E-state index in [0.29, 0.717) is 17.9 Å². The zero-order valence-corrected chi connectivity index (χ0v) is 22.4. The van der Waals surface area contributed by atoms with Crippen LogP contribution >= 0.6 is 0 Å². The minimum absolute atomic E-state index is 0.0967. The minimum atomic E-state index is -0.359. The van der Waals surface area contributed by atoms with Crippen molar-refractivity contribution in [2.24, 2.45) is 0 Å². The molecule has 1 N–H and O–H groups in total. The molecule has 3 heterocycles. The van der Waals surface area contributed by atoms with Crippen LogP contribution < -0.4 is 10.5 Å². The highest BCUT2D eigenvalue weighted by Crippen LogP contribution is 2.30. The van der Waals surface area contributed by atoms with Crippen LogP contribution in [0.3, 0.4) is 0 Å². The molecular formula is C31H33N7O. The first kappa shape index (κ1) is 25.0. The van der Waals surface area contributed by atoms with Gasteiger partial charge < -0.3 is 9.88 Å². The van der Waals surface area contributed by atoms with Crippen molar-refractivity contribution >= 4 is 16.6 Å². The number of piperazine rings is 1. The molecule has 0 radical (unpaired) electrons. The summed E-state index contributed by atoms with van der Waals surface area (Å²) in [4.78, 5) is 21.5. The van der Waals surface area contributed by atoms with Gasteiger partial charge in [-0.25, -0.2) is 4.68 Å². The highest BCUT2D eigenvalue weighted by Gasteiger charge is 2.33. The Bertz CT molecular complexity index is 1620. The van der Waals surface area contributed by atoms with Gasteiger partial charge in [-0.15, -0.1) is 5.10 Å². The smallest absolute Gasteiger partial charge is 0.253 e. The van der Waals surface area contributed by atoms with E-state index in [9.17, 15) is 4.79 Å². The molecule has 0 aliphatic carbocycles. The predicted molar refractivity (Wildman–Crippen MR) is 154 cm³/mol. The van der Waals surface area contributed by atoms with Crippen LogP contribution in [0.25, 0.3) is 10.9 Å². The third kappa shape index (κ3) is 5.20. The maximum Gasteiger partial charge on any atom is 0.253 e. The maximum atomic E-state index is 13.6. The molecule has 1 fully saturated rings. The average Bonchev–Trinajstić information content (AvgIpc) is 3.42. The molecular weight excluding hydrogens is 486 g/mol. The molecule has 39 heavy (non-hydrogen) atoms. The van der Waals surface area contributed by atoms with E-state index in [2.05, 4.69) is 86.6 Å². The summed E-state index contributed by atoms with van der Waals surface area (Å²) in [7, 11) is 0. The van der Waals surface area contributed by atoms with Gasteiger partial charge in [0, 0.05) is 54.9 Å². The fourth-order valence-corrected chi connectivity index (χ4v) is 5.71. The van der Waals surface area contributed by atoms with Crippen molar-refractivity contribution in [3.8, 4) is 0 Å². The molecule has 6 rings (SSSR count). The van der Waals surface area contributed by atoms with Crippen molar-refractivity contribution < 1.29 is 0 Å². The summed E-state index contributed by atoms with van der Waals surface area (Å²) in [6.07, 6.45) is 0.805. The molecule has 0 amide bonds. The topological polar surface area (TPSA) is 82.9 Å². The van der Waals surface area contributed by atoms with Gasteiger partial charge in [-0.2, -0.15) is 0 Å². The molecule has 1 aliphatic heterocycles. The second-order valence-corrected chi connectivity index (χ2v) is 10.4. The van der Waals surface area contributed by atoms with Gasteiger partial charge in [0.15, 0.2) is 5.82 Å². The number of para-hydroxylation sites is 1. The molecule has 8 nitrogen and oxygen atoms in total. The molecule has 2 aromatic heterocycles. The molecule has 0 unspecified atom stereocenters. The van der Waals surface area contributed by atoms with Crippen molar-refractivity contribution in [1.29, 1.82) is 0 Å². The van der Waals surface area contributed by atoms with Gasteiger partial charge in [0.05, 0.1) is 0 Å². The molecule has 1 atom stereocenters. The fourth-order valence-electron chi connectivity index (χ4n) is 5.71. The Hall–Kier alpha value is -4.30. The van der Waals surface area contributed by atoms with Crippen LogP contribution in [0.15, 0.2) is 83.7 Å². The summed E-state index contributed by atoms with van der Waals surface area (Å²) in [5.74, 6) is 0.703. The average molecular weight is 520 g/mol. The highest BCUT2D eigenvalue weighted by molar-refractivity contribution is 5.83. The molecule has 1 aliphatic rings. The SMILES string of the molecule is Cc1cc(C)c2cc([C@H](c3nnnn3CCc3ccccc3)N3CCN(c4ccccc4)CC3)c(=O)[nH]c2c1. The van der Waals surface area contributed by atoms with Gasteiger partial charge >= 0.3 is 0 Å². The van der Waals surface area contributed by atoms with Crippen molar-refractivity contribution in [1.82, 2.24) is 30.1 Å². The normalized spacial score (nSPS) is 15.1. The van der Waals surface area contributed by atoms with E-state index in [-0.39, 0.29) is 11.6 Å². The lowest BCUT2D eigenvalue weighted by Crippen LogP contribution is -2.49. The number of hydrogen-bond acceptors (Lipinski definition) is 6. The Morgan fingerprint density at radius 2 is 1.62 bits per heavy atom. The molecule has 198 valence electrons. The summed E-state index contributed by atoms with van der Waals surface area (Å²) >= 11 is 0. The van der Waals surface area contributed by atoms with Crippen molar-refractivity contribution in [2.45, 2.75) is 32.9 Å². The van der Waals surface area contributed by atoms with Gasteiger partial charge in [-0.05, 0) is 71.7 Å². The molecule has 3 aromatic carbocycles. The predicted octanol–water partition coefficient (Wildman–Crippen LogP) is 4.29. The lowest BCUT2D eigenvalue weighted by atomic mass is 9.99. The van der Waals surface area contributed by atoms with E-state index in [1.54, 1.807) is 0 Å². The number of nitrogens with zero attached hydrogens (tertiary/aromatic N) is 6. The first-order valence-electron chi connectivity index (χ1n) is 13.5. The summed E-state index contributed by atoms with van der Waals surface area (Å²) in [5, 5.41) is 14.0. The Balaban J connectivity index is 1.37. The summed E-state index contributed by atoms with van der Waals surface area (Å²) in [5.41, 5.74) is 6.15. The van der Waals surface area contributed by atoms with Crippen LogP contribution in [0.4, 0.5) is 5.69 Å². The molecule has 1 saturated heterocycles. The van der Waals surface area contributed by atoms with Crippen LogP contribution in [0.2, 0.25) is 0 Å². The number of pyridine rings is 1. The quantitative estimate of drug-likeness (QED) is 0.346. The zero-order valence-electron chi connectivity index (χ0n) is 22.4. The van der Waals surface area contributed by atoms with Crippen LogP contribution in [-0.2, 0) is 13.0 Å². The van der Waals surface area contributed by atoms with Crippen molar-refractivity contribution in [2.75, 3.05) is 31.1 Å². The largest absolute Gasteiger partial charge is 0.369 e. The number of hydrogen-bond donors (Lipinski definition) is 1. The molecule has 0 spiro atoms. The van der Waals surface area contributed by atoms with E-state index < -0.39 is 0 Å². The molecule has 5 aromatic rings.